The molecule has 1 N–H and O–H groups in total. The van der Waals surface area contributed by atoms with Gasteiger partial charge < -0.3 is 19.0 Å². The number of carboxylic acids is 1. The maximum atomic E-state index is 12.2. The zero-order chi connectivity index (χ0) is 22.8. The summed E-state index contributed by atoms with van der Waals surface area (Å²) in [5.41, 5.74) is 0.399. The number of allylic oxidation sites excluding steroid dienone is 1. The van der Waals surface area contributed by atoms with Gasteiger partial charge in [0.05, 0.1) is 23.3 Å². The van der Waals surface area contributed by atoms with E-state index < -0.39 is 17.2 Å². The number of halogens is 2. The van der Waals surface area contributed by atoms with Gasteiger partial charge in [0.1, 0.15) is 5.75 Å². The first-order valence-electron chi connectivity index (χ1n) is 10.2. The van der Waals surface area contributed by atoms with Gasteiger partial charge in [0.15, 0.2) is 5.76 Å². The number of carbonyl (C=O) groups is 1. The van der Waals surface area contributed by atoms with Gasteiger partial charge in [0.25, 0.3) is 0 Å². The summed E-state index contributed by atoms with van der Waals surface area (Å²) in [5.74, 6) is -0.872. The van der Waals surface area contributed by atoms with Gasteiger partial charge in [-0.25, -0.2) is 4.79 Å². The fraction of sp³-hybridized carbons (Fsp3) is 0.391. The normalized spacial score (nSPS) is 11.1. The molecule has 1 aromatic carbocycles. The second-order valence-corrected chi connectivity index (χ2v) is 7.60. The first kappa shape index (κ1) is 24.8. The standard InChI is InChI=1S/C23H26Cl2O6/c1-3-8-15-18(11-10-16(24)21(15)25)29-12-6-5-7-13-30-22-17(26)14-20(23(27)28)31-19(22)9-4-2/h4,9-11,14H,3,5-8,12-13H2,1-2H3,(H,27,28). The Morgan fingerprint density at radius 3 is 2.52 bits per heavy atom. The molecule has 0 bridgehead atoms. The molecule has 168 valence electrons. The van der Waals surface area contributed by atoms with Crippen LogP contribution in [0.4, 0.5) is 0 Å². The molecule has 0 saturated carbocycles. The van der Waals surface area contributed by atoms with Crippen molar-refractivity contribution in [1.82, 2.24) is 0 Å². The molecule has 0 aliphatic rings. The van der Waals surface area contributed by atoms with Crippen LogP contribution in [0, 0.1) is 0 Å². The van der Waals surface area contributed by atoms with Crippen LogP contribution < -0.4 is 14.9 Å². The highest BCUT2D eigenvalue weighted by atomic mass is 35.5. The zero-order valence-corrected chi connectivity index (χ0v) is 19.1. The van der Waals surface area contributed by atoms with Gasteiger partial charge >= 0.3 is 5.97 Å². The smallest absolute Gasteiger partial charge is 0.371 e. The highest BCUT2D eigenvalue weighted by Crippen LogP contribution is 2.34. The third kappa shape index (κ3) is 7.04. The van der Waals surface area contributed by atoms with Crippen LogP contribution in [0.3, 0.4) is 0 Å². The fourth-order valence-corrected chi connectivity index (χ4v) is 3.37. The number of benzene rings is 1. The molecule has 0 amide bonds. The van der Waals surface area contributed by atoms with Crippen molar-refractivity contribution in [2.45, 2.75) is 46.0 Å². The van der Waals surface area contributed by atoms with E-state index in [1.807, 2.05) is 6.07 Å². The number of hydrogen-bond donors (Lipinski definition) is 1. The lowest BCUT2D eigenvalue weighted by Gasteiger charge is -2.13. The Labute approximate surface area is 191 Å². The number of hydrogen-bond acceptors (Lipinski definition) is 5. The third-order valence-electron chi connectivity index (χ3n) is 4.40. The molecule has 2 aromatic rings. The van der Waals surface area contributed by atoms with E-state index in [-0.39, 0.29) is 11.5 Å². The molecule has 0 aliphatic heterocycles. The van der Waals surface area contributed by atoms with Crippen molar-refractivity contribution in [3.8, 4) is 11.5 Å². The predicted molar refractivity (Wildman–Crippen MR) is 122 cm³/mol. The molecule has 0 fully saturated rings. The minimum absolute atomic E-state index is 0.0133. The summed E-state index contributed by atoms with van der Waals surface area (Å²) in [5, 5.41) is 10.1. The second-order valence-electron chi connectivity index (χ2n) is 6.82. The van der Waals surface area contributed by atoms with Gasteiger partial charge in [-0.3, -0.25) is 4.79 Å². The lowest BCUT2D eigenvalue weighted by Crippen LogP contribution is -2.13. The van der Waals surface area contributed by atoms with Crippen LogP contribution in [0.25, 0.3) is 6.08 Å². The van der Waals surface area contributed by atoms with Gasteiger partial charge in [-0.1, -0.05) is 42.6 Å². The largest absolute Gasteiger partial charge is 0.493 e. The monoisotopic (exact) mass is 468 g/mol. The van der Waals surface area contributed by atoms with E-state index >= 15 is 0 Å². The number of aromatic carboxylic acids is 1. The van der Waals surface area contributed by atoms with Crippen molar-refractivity contribution in [2.24, 2.45) is 0 Å². The minimum atomic E-state index is -1.31. The van der Waals surface area contributed by atoms with Gasteiger partial charge in [0.2, 0.25) is 16.9 Å². The molecule has 6 nitrogen and oxygen atoms in total. The molecule has 0 aliphatic carbocycles. The van der Waals surface area contributed by atoms with Crippen LogP contribution in [-0.4, -0.2) is 24.3 Å². The van der Waals surface area contributed by atoms with Crippen LogP contribution in [0.2, 0.25) is 10.0 Å². The van der Waals surface area contributed by atoms with Crippen molar-refractivity contribution in [1.29, 1.82) is 0 Å². The van der Waals surface area contributed by atoms with E-state index in [1.165, 1.54) is 6.08 Å². The molecule has 0 atom stereocenters. The van der Waals surface area contributed by atoms with E-state index in [2.05, 4.69) is 6.92 Å². The van der Waals surface area contributed by atoms with Crippen LogP contribution in [-0.2, 0) is 6.42 Å². The zero-order valence-electron chi connectivity index (χ0n) is 17.6. The highest BCUT2D eigenvalue weighted by molar-refractivity contribution is 6.42. The summed E-state index contributed by atoms with van der Waals surface area (Å²) in [6.07, 6.45) is 7.18. The van der Waals surface area contributed by atoms with Crippen molar-refractivity contribution >= 4 is 35.2 Å². The topological polar surface area (TPSA) is 86.0 Å². The Bertz CT molecular complexity index is 981. The molecule has 8 heteroatoms. The highest BCUT2D eigenvalue weighted by Gasteiger charge is 2.16. The minimum Gasteiger partial charge on any atom is -0.493 e. The number of ether oxygens (including phenoxy) is 2. The predicted octanol–water partition coefficient (Wildman–Crippen LogP) is 6.26. The molecular formula is C23H26Cl2O6. The van der Waals surface area contributed by atoms with Crippen molar-refractivity contribution in [2.75, 3.05) is 13.2 Å². The van der Waals surface area contributed by atoms with E-state index in [0.717, 1.165) is 43.1 Å². The first-order valence-corrected chi connectivity index (χ1v) is 10.9. The van der Waals surface area contributed by atoms with Crippen LogP contribution in [0.5, 0.6) is 11.5 Å². The quantitative estimate of drug-likeness (QED) is 0.370. The summed E-state index contributed by atoms with van der Waals surface area (Å²) >= 11 is 12.4. The number of unbranched alkanes of at least 4 members (excludes halogenated alkanes) is 2. The summed E-state index contributed by atoms with van der Waals surface area (Å²) in [7, 11) is 0. The Balaban J connectivity index is 1.84. The number of rotatable bonds is 12. The SMILES string of the molecule is CC=Cc1oc(C(=O)O)cc(=O)c1OCCCCCOc1ccc(Cl)c(Cl)c1CCC. The third-order valence-corrected chi connectivity index (χ3v) is 5.25. The molecule has 1 aromatic heterocycles. The van der Waals surface area contributed by atoms with Gasteiger partial charge in [0, 0.05) is 11.6 Å². The van der Waals surface area contributed by atoms with E-state index in [4.69, 9.17) is 42.2 Å². The maximum Gasteiger partial charge on any atom is 0.371 e. The van der Waals surface area contributed by atoms with E-state index in [0.29, 0.717) is 29.7 Å². The molecule has 31 heavy (non-hydrogen) atoms. The number of carboxylic acid groups (broad SMARTS) is 1. The van der Waals surface area contributed by atoms with Gasteiger partial charge in [-0.05, 0) is 50.8 Å². The second kappa shape index (κ2) is 12.4. The van der Waals surface area contributed by atoms with Crippen LogP contribution in [0.15, 0.2) is 33.5 Å². The fourth-order valence-electron chi connectivity index (χ4n) is 2.94. The summed E-state index contributed by atoms with van der Waals surface area (Å²) in [6, 6.07) is 4.49. The molecule has 0 saturated heterocycles. The van der Waals surface area contributed by atoms with Crippen LogP contribution >= 0.6 is 23.2 Å². The molecule has 0 spiro atoms. The lowest BCUT2D eigenvalue weighted by molar-refractivity contribution is 0.0658. The Hall–Kier alpha value is -2.44. The van der Waals surface area contributed by atoms with Crippen molar-refractivity contribution in [3.63, 3.8) is 0 Å². The summed E-state index contributed by atoms with van der Waals surface area (Å²) < 4.78 is 16.7. The molecule has 0 unspecified atom stereocenters. The average Bonchev–Trinajstić information content (AvgIpc) is 2.73. The lowest BCUT2D eigenvalue weighted by atomic mass is 10.1. The Morgan fingerprint density at radius 2 is 1.87 bits per heavy atom. The van der Waals surface area contributed by atoms with Crippen molar-refractivity contribution in [3.05, 3.63) is 61.6 Å². The van der Waals surface area contributed by atoms with E-state index in [1.54, 1.807) is 19.1 Å². The maximum absolute atomic E-state index is 12.2. The summed E-state index contributed by atoms with van der Waals surface area (Å²) in [4.78, 5) is 23.2. The van der Waals surface area contributed by atoms with Gasteiger partial charge in [-0.2, -0.15) is 0 Å². The summed E-state index contributed by atoms with van der Waals surface area (Å²) in [6.45, 7) is 4.62. The Morgan fingerprint density at radius 1 is 1.16 bits per heavy atom. The van der Waals surface area contributed by atoms with E-state index in [9.17, 15) is 9.59 Å². The Kier molecular flexibility index (Phi) is 9.95. The van der Waals surface area contributed by atoms with Crippen LogP contribution in [0.1, 0.15) is 61.4 Å². The molecular weight excluding hydrogens is 443 g/mol. The van der Waals surface area contributed by atoms with Gasteiger partial charge in [-0.15, -0.1) is 0 Å². The average molecular weight is 469 g/mol. The molecule has 2 rings (SSSR count). The first-order chi connectivity index (χ1) is 14.9. The van der Waals surface area contributed by atoms with Crippen molar-refractivity contribution < 1.29 is 23.8 Å². The molecule has 1 heterocycles. The molecule has 0 radical (unpaired) electrons.